The zero-order chi connectivity index (χ0) is 13.9. The molecule has 0 aromatic heterocycles. The highest BCUT2D eigenvalue weighted by molar-refractivity contribution is 5.50. The molecule has 0 bridgehead atoms. The fraction of sp³-hybridized carbons (Fsp3) is 0.625. The minimum absolute atomic E-state index is 0.0312. The van der Waals surface area contributed by atoms with Crippen LogP contribution in [0.3, 0.4) is 0 Å². The molecule has 1 aromatic rings. The summed E-state index contributed by atoms with van der Waals surface area (Å²) in [6, 6.07) is 8.11. The largest absolute Gasteiger partial charge is 0.497 e. The molecular weight excluding hydrogens is 236 g/mol. The summed E-state index contributed by atoms with van der Waals surface area (Å²) in [4.78, 5) is 0. The van der Waals surface area contributed by atoms with Gasteiger partial charge in [-0.15, -0.1) is 0 Å². The third-order valence-electron chi connectivity index (χ3n) is 4.15. The number of rotatable bonds is 4. The van der Waals surface area contributed by atoms with E-state index in [2.05, 4.69) is 25.2 Å². The maximum atomic E-state index is 6.09. The SMILES string of the molecule is COc1cccc(NC2(CN)CC(C)CC(C)C2)c1. The van der Waals surface area contributed by atoms with Crippen LogP contribution in [0.1, 0.15) is 33.1 Å². The fourth-order valence-corrected chi connectivity index (χ4v) is 3.60. The molecule has 1 fully saturated rings. The monoisotopic (exact) mass is 262 g/mol. The number of methoxy groups -OCH3 is 1. The van der Waals surface area contributed by atoms with Crippen LogP contribution in [0.5, 0.6) is 5.75 Å². The lowest BCUT2D eigenvalue weighted by atomic mass is 9.71. The van der Waals surface area contributed by atoms with Crippen molar-refractivity contribution in [3.63, 3.8) is 0 Å². The predicted molar refractivity (Wildman–Crippen MR) is 80.6 cm³/mol. The van der Waals surface area contributed by atoms with Crippen molar-refractivity contribution < 1.29 is 4.74 Å². The number of nitrogens with two attached hydrogens (primary N) is 1. The van der Waals surface area contributed by atoms with Crippen molar-refractivity contribution in [3.05, 3.63) is 24.3 Å². The Morgan fingerprint density at radius 2 is 2.00 bits per heavy atom. The molecule has 19 heavy (non-hydrogen) atoms. The number of anilines is 1. The van der Waals surface area contributed by atoms with Crippen molar-refractivity contribution in [3.8, 4) is 5.75 Å². The second kappa shape index (κ2) is 5.83. The van der Waals surface area contributed by atoms with Gasteiger partial charge in [-0.3, -0.25) is 0 Å². The summed E-state index contributed by atoms with van der Waals surface area (Å²) in [5.74, 6) is 2.34. The molecule has 2 atom stereocenters. The summed E-state index contributed by atoms with van der Waals surface area (Å²) in [5, 5.41) is 3.67. The summed E-state index contributed by atoms with van der Waals surface area (Å²) in [6.07, 6.45) is 3.59. The predicted octanol–water partition coefficient (Wildman–Crippen LogP) is 3.26. The van der Waals surface area contributed by atoms with Gasteiger partial charge in [0.25, 0.3) is 0 Å². The summed E-state index contributed by atoms with van der Waals surface area (Å²) < 4.78 is 5.28. The van der Waals surface area contributed by atoms with E-state index in [-0.39, 0.29) is 5.54 Å². The van der Waals surface area contributed by atoms with E-state index in [0.717, 1.165) is 36.1 Å². The summed E-state index contributed by atoms with van der Waals surface area (Å²) >= 11 is 0. The molecule has 0 heterocycles. The van der Waals surface area contributed by atoms with Crippen LogP contribution in [0.4, 0.5) is 5.69 Å². The molecular formula is C16H26N2O. The van der Waals surface area contributed by atoms with Crippen molar-refractivity contribution in [1.82, 2.24) is 0 Å². The van der Waals surface area contributed by atoms with E-state index in [4.69, 9.17) is 10.5 Å². The molecule has 3 heteroatoms. The summed E-state index contributed by atoms with van der Waals surface area (Å²) in [5.41, 5.74) is 7.22. The van der Waals surface area contributed by atoms with E-state index in [9.17, 15) is 0 Å². The average molecular weight is 262 g/mol. The maximum absolute atomic E-state index is 6.09. The fourth-order valence-electron chi connectivity index (χ4n) is 3.60. The molecule has 2 rings (SSSR count). The first-order chi connectivity index (χ1) is 9.07. The van der Waals surface area contributed by atoms with E-state index in [1.165, 1.54) is 6.42 Å². The molecule has 0 saturated heterocycles. The van der Waals surface area contributed by atoms with Crippen LogP contribution in [-0.4, -0.2) is 19.2 Å². The normalized spacial score (nSPS) is 30.9. The molecule has 106 valence electrons. The van der Waals surface area contributed by atoms with Crippen molar-refractivity contribution >= 4 is 5.69 Å². The van der Waals surface area contributed by atoms with E-state index >= 15 is 0 Å². The molecule has 1 aromatic carbocycles. The number of benzene rings is 1. The molecule has 0 aliphatic heterocycles. The molecule has 1 saturated carbocycles. The van der Waals surface area contributed by atoms with E-state index in [0.29, 0.717) is 6.54 Å². The van der Waals surface area contributed by atoms with Crippen LogP contribution in [-0.2, 0) is 0 Å². The highest BCUT2D eigenvalue weighted by Gasteiger charge is 2.36. The quantitative estimate of drug-likeness (QED) is 0.875. The van der Waals surface area contributed by atoms with Gasteiger partial charge in [-0.05, 0) is 43.2 Å². The second-order valence-corrected chi connectivity index (χ2v) is 6.20. The minimum atomic E-state index is 0.0312. The summed E-state index contributed by atoms with van der Waals surface area (Å²) in [6.45, 7) is 5.33. The van der Waals surface area contributed by atoms with Gasteiger partial charge in [-0.1, -0.05) is 19.9 Å². The van der Waals surface area contributed by atoms with Gasteiger partial charge in [-0.2, -0.15) is 0 Å². The van der Waals surface area contributed by atoms with Gasteiger partial charge >= 0.3 is 0 Å². The first kappa shape index (κ1) is 14.2. The van der Waals surface area contributed by atoms with Crippen LogP contribution in [0.25, 0.3) is 0 Å². The van der Waals surface area contributed by atoms with E-state index in [1.807, 2.05) is 18.2 Å². The van der Waals surface area contributed by atoms with Gasteiger partial charge in [-0.25, -0.2) is 0 Å². The Morgan fingerprint density at radius 1 is 1.32 bits per heavy atom. The van der Waals surface area contributed by atoms with Crippen LogP contribution < -0.4 is 15.8 Å². The van der Waals surface area contributed by atoms with Crippen molar-refractivity contribution in [1.29, 1.82) is 0 Å². The van der Waals surface area contributed by atoms with Gasteiger partial charge in [0.2, 0.25) is 0 Å². The zero-order valence-electron chi connectivity index (χ0n) is 12.3. The van der Waals surface area contributed by atoms with E-state index in [1.54, 1.807) is 7.11 Å². The Morgan fingerprint density at radius 3 is 2.58 bits per heavy atom. The maximum Gasteiger partial charge on any atom is 0.120 e. The van der Waals surface area contributed by atoms with E-state index < -0.39 is 0 Å². The average Bonchev–Trinajstić information content (AvgIpc) is 2.37. The van der Waals surface area contributed by atoms with Crippen LogP contribution in [0.15, 0.2) is 24.3 Å². The Labute approximate surface area is 116 Å². The molecule has 1 aliphatic carbocycles. The molecule has 0 amide bonds. The molecule has 2 unspecified atom stereocenters. The minimum Gasteiger partial charge on any atom is -0.497 e. The van der Waals surface area contributed by atoms with Gasteiger partial charge < -0.3 is 15.8 Å². The Balaban J connectivity index is 2.17. The van der Waals surface area contributed by atoms with Crippen LogP contribution >= 0.6 is 0 Å². The molecule has 3 N–H and O–H groups in total. The molecule has 1 aliphatic rings. The zero-order valence-corrected chi connectivity index (χ0v) is 12.3. The van der Waals surface area contributed by atoms with Crippen molar-refractivity contribution in [2.75, 3.05) is 19.0 Å². The Bertz CT molecular complexity index is 409. The lowest BCUT2D eigenvalue weighted by Gasteiger charge is -2.43. The Kier molecular flexibility index (Phi) is 4.35. The lowest BCUT2D eigenvalue weighted by molar-refractivity contribution is 0.205. The van der Waals surface area contributed by atoms with Gasteiger partial charge in [0, 0.05) is 18.3 Å². The lowest BCUT2D eigenvalue weighted by Crippen LogP contribution is -2.50. The third-order valence-corrected chi connectivity index (χ3v) is 4.15. The Hall–Kier alpha value is -1.22. The van der Waals surface area contributed by atoms with Crippen LogP contribution in [0, 0.1) is 11.8 Å². The molecule has 0 radical (unpaired) electrons. The number of nitrogens with one attached hydrogen (secondary N) is 1. The smallest absolute Gasteiger partial charge is 0.120 e. The van der Waals surface area contributed by atoms with Gasteiger partial charge in [0.05, 0.1) is 12.6 Å². The standard InChI is InChI=1S/C16H26N2O/c1-12-7-13(2)10-16(9-12,11-17)18-14-5-4-6-15(8-14)19-3/h4-6,8,12-13,18H,7,9-11,17H2,1-3H3. The number of ether oxygens (including phenoxy) is 1. The highest BCUT2D eigenvalue weighted by Crippen LogP contribution is 2.38. The number of hydrogen-bond donors (Lipinski definition) is 2. The van der Waals surface area contributed by atoms with Crippen LogP contribution in [0.2, 0.25) is 0 Å². The van der Waals surface area contributed by atoms with Gasteiger partial charge in [0.15, 0.2) is 0 Å². The first-order valence-corrected chi connectivity index (χ1v) is 7.19. The van der Waals surface area contributed by atoms with Crippen molar-refractivity contribution in [2.24, 2.45) is 17.6 Å². The molecule has 3 nitrogen and oxygen atoms in total. The van der Waals surface area contributed by atoms with Crippen molar-refractivity contribution in [2.45, 2.75) is 38.6 Å². The highest BCUT2D eigenvalue weighted by atomic mass is 16.5. The second-order valence-electron chi connectivity index (χ2n) is 6.20. The summed E-state index contributed by atoms with van der Waals surface area (Å²) in [7, 11) is 1.70. The number of hydrogen-bond acceptors (Lipinski definition) is 3. The topological polar surface area (TPSA) is 47.3 Å². The first-order valence-electron chi connectivity index (χ1n) is 7.19. The third kappa shape index (κ3) is 3.41. The molecule has 0 spiro atoms. The van der Waals surface area contributed by atoms with Gasteiger partial charge in [0.1, 0.15) is 5.75 Å².